The van der Waals surface area contributed by atoms with E-state index in [0.29, 0.717) is 32.8 Å². The first-order chi connectivity index (χ1) is 7.98. The van der Waals surface area contributed by atoms with Crippen molar-refractivity contribution in [3.05, 3.63) is 0 Å². The molecule has 98 valence electrons. The van der Waals surface area contributed by atoms with Gasteiger partial charge in [-0.15, -0.1) is 0 Å². The predicted molar refractivity (Wildman–Crippen MR) is 62.0 cm³/mol. The third kappa shape index (κ3) is 2.97. The summed E-state index contributed by atoms with van der Waals surface area (Å²) in [5.41, 5.74) is 0. The van der Waals surface area contributed by atoms with Crippen LogP contribution in [0.2, 0.25) is 0 Å². The quantitative estimate of drug-likeness (QED) is 0.658. The number of piperazine rings is 1. The normalized spacial score (nSPS) is 27.4. The molecule has 17 heavy (non-hydrogen) atoms. The van der Waals surface area contributed by atoms with Gasteiger partial charge in [-0.1, -0.05) is 0 Å². The smallest absolute Gasteiger partial charge is 0.251 e. The lowest BCUT2D eigenvalue weighted by molar-refractivity contribution is -0.142. The minimum atomic E-state index is -3.13. The molecule has 2 heterocycles. The van der Waals surface area contributed by atoms with Crippen molar-refractivity contribution in [1.29, 1.82) is 0 Å². The zero-order valence-electron chi connectivity index (χ0n) is 9.96. The van der Waals surface area contributed by atoms with E-state index in [4.69, 9.17) is 4.74 Å². The van der Waals surface area contributed by atoms with Crippen LogP contribution in [0, 0.1) is 0 Å². The molecule has 1 atom stereocenters. The average Bonchev–Trinajstić information content (AvgIpc) is 2.80. The minimum Gasteiger partial charge on any atom is -0.368 e. The highest BCUT2D eigenvalue weighted by Gasteiger charge is 2.31. The van der Waals surface area contributed by atoms with Gasteiger partial charge in [-0.2, -0.15) is 4.31 Å². The van der Waals surface area contributed by atoms with E-state index in [0.717, 1.165) is 12.8 Å². The van der Waals surface area contributed by atoms with Crippen LogP contribution >= 0.6 is 0 Å². The number of carbonyl (C=O) groups excluding carboxylic acids is 1. The standard InChI is InChI=1S/C10H18N2O4S/c1-17(14,15)12-6-4-11(5-7-12)10(13)9-3-2-8-16-9/h9H,2-8H2,1H3. The van der Waals surface area contributed by atoms with Gasteiger partial charge in [0.2, 0.25) is 10.0 Å². The molecule has 7 heteroatoms. The zero-order chi connectivity index (χ0) is 12.5. The molecule has 0 aromatic heterocycles. The van der Waals surface area contributed by atoms with E-state index in [1.807, 2.05) is 0 Å². The van der Waals surface area contributed by atoms with Gasteiger partial charge in [0, 0.05) is 32.8 Å². The van der Waals surface area contributed by atoms with Crippen molar-refractivity contribution in [2.45, 2.75) is 18.9 Å². The van der Waals surface area contributed by atoms with Crippen molar-refractivity contribution in [2.24, 2.45) is 0 Å². The molecule has 0 aromatic carbocycles. The zero-order valence-corrected chi connectivity index (χ0v) is 10.8. The third-order valence-corrected chi connectivity index (χ3v) is 4.53. The lowest BCUT2D eigenvalue weighted by Gasteiger charge is -2.34. The SMILES string of the molecule is CS(=O)(=O)N1CCN(C(=O)C2CCCO2)CC1. The van der Waals surface area contributed by atoms with Crippen LogP contribution in [0.25, 0.3) is 0 Å². The molecule has 2 rings (SSSR count). The van der Waals surface area contributed by atoms with Gasteiger partial charge in [0.25, 0.3) is 5.91 Å². The number of nitrogens with zero attached hydrogens (tertiary/aromatic N) is 2. The Kier molecular flexibility index (Phi) is 3.70. The molecule has 1 unspecified atom stereocenters. The van der Waals surface area contributed by atoms with Crippen LogP contribution in [0.15, 0.2) is 0 Å². The second kappa shape index (κ2) is 4.91. The van der Waals surface area contributed by atoms with Gasteiger partial charge in [0.15, 0.2) is 0 Å². The van der Waals surface area contributed by atoms with E-state index in [1.54, 1.807) is 4.90 Å². The molecule has 1 amide bonds. The number of sulfonamides is 1. The number of hydrogen-bond donors (Lipinski definition) is 0. The molecule has 0 radical (unpaired) electrons. The molecule has 0 N–H and O–H groups in total. The predicted octanol–water partition coefficient (Wildman–Crippen LogP) is -0.731. The molecule has 0 aromatic rings. The van der Waals surface area contributed by atoms with Crippen molar-refractivity contribution in [1.82, 2.24) is 9.21 Å². The number of amides is 1. The molecular formula is C10H18N2O4S. The summed E-state index contributed by atoms with van der Waals surface area (Å²) in [7, 11) is -3.13. The lowest BCUT2D eigenvalue weighted by Crippen LogP contribution is -2.52. The summed E-state index contributed by atoms with van der Waals surface area (Å²) in [6.07, 6.45) is 2.61. The maximum atomic E-state index is 12.0. The Morgan fingerprint density at radius 3 is 2.35 bits per heavy atom. The summed E-state index contributed by atoms with van der Waals surface area (Å²) in [6.45, 7) is 2.35. The fourth-order valence-electron chi connectivity index (χ4n) is 2.22. The maximum absolute atomic E-state index is 12.0. The summed E-state index contributed by atoms with van der Waals surface area (Å²) in [5.74, 6) is 0.00986. The van der Waals surface area contributed by atoms with Crippen molar-refractivity contribution in [2.75, 3.05) is 39.0 Å². The highest BCUT2D eigenvalue weighted by atomic mass is 32.2. The van der Waals surface area contributed by atoms with E-state index < -0.39 is 10.0 Å². The van der Waals surface area contributed by atoms with Crippen LogP contribution in [0.4, 0.5) is 0 Å². The monoisotopic (exact) mass is 262 g/mol. The minimum absolute atomic E-state index is 0.00986. The summed E-state index contributed by atoms with van der Waals surface area (Å²) in [4.78, 5) is 13.7. The summed E-state index contributed by atoms with van der Waals surface area (Å²) >= 11 is 0. The molecule has 2 aliphatic heterocycles. The van der Waals surface area contributed by atoms with E-state index in [1.165, 1.54) is 10.6 Å². The van der Waals surface area contributed by atoms with Crippen LogP contribution in [-0.4, -0.2) is 68.7 Å². The second-order valence-corrected chi connectivity index (χ2v) is 6.47. The first kappa shape index (κ1) is 12.8. The highest BCUT2D eigenvalue weighted by Crippen LogP contribution is 2.16. The second-order valence-electron chi connectivity index (χ2n) is 4.49. The average molecular weight is 262 g/mol. The molecular weight excluding hydrogens is 244 g/mol. The molecule has 6 nitrogen and oxygen atoms in total. The molecule has 2 saturated heterocycles. The van der Waals surface area contributed by atoms with Gasteiger partial charge in [-0.3, -0.25) is 4.79 Å². The van der Waals surface area contributed by atoms with Crippen molar-refractivity contribution < 1.29 is 17.9 Å². The molecule has 0 saturated carbocycles. The molecule has 0 aliphatic carbocycles. The van der Waals surface area contributed by atoms with Crippen LogP contribution in [-0.2, 0) is 19.6 Å². The summed E-state index contributed by atoms with van der Waals surface area (Å²) in [6, 6.07) is 0. The topological polar surface area (TPSA) is 66.9 Å². The summed E-state index contributed by atoms with van der Waals surface area (Å²) < 4.78 is 29.4. The van der Waals surface area contributed by atoms with Crippen molar-refractivity contribution in [3.63, 3.8) is 0 Å². The number of ether oxygens (including phenoxy) is 1. The lowest BCUT2D eigenvalue weighted by atomic mass is 10.2. The Morgan fingerprint density at radius 2 is 1.88 bits per heavy atom. The van der Waals surface area contributed by atoms with Crippen molar-refractivity contribution in [3.8, 4) is 0 Å². The van der Waals surface area contributed by atoms with E-state index in [2.05, 4.69) is 0 Å². The van der Waals surface area contributed by atoms with E-state index in [9.17, 15) is 13.2 Å². The van der Waals surface area contributed by atoms with Crippen molar-refractivity contribution >= 4 is 15.9 Å². The highest BCUT2D eigenvalue weighted by molar-refractivity contribution is 7.88. The van der Waals surface area contributed by atoms with Gasteiger partial charge in [-0.05, 0) is 12.8 Å². The Balaban J connectivity index is 1.88. The van der Waals surface area contributed by atoms with Gasteiger partial charge in [0.1, 0.15) is 6.10 Å². The largest absolute Gasteiger partial charge is 0.368 e. The van der Waals surface area contributed by atoms with Gasteiger partial charge >= 0.3 is 0 Å². The van der Waals surface area contributed by atoms with Crippen LogP contribution in [0.1, 0.15) is 12.8 Å². The fourth-order valence-corrected chi connectivity index (χ4v) is 3.04. The Bertz CT molecular complexity index is 381. The third-order valence-electron chi connectivity index (χ3n) is 3.22. The first-order valence-electron chi connectivity index (χ1n) is 5.84. The van der Waals surface area contributed by atoms with E-state index >= 15 is 0 Å². The maximum Gasteiger partial charge on any atom is 0.251 e. The van der Waals surface area contributed by atoms with Crippen LogP contribution < -0.4 is 0 Å². The molecule has 2 aliphatic rings. The molecule has 0 bridgehead atoms. The Labute approximate surface area is 102 Å². The van der Waals surface area contributed by atoms with Gasteiger partial charge in [0.05, 0.1) is 6.26 Å². The number of carbonyl (C=O) groups is 1. The van der Waals surface area contributed by atoms with Gasteiger partial charge < -0.3 is 9.64 Å². The van der Waals surface area contributed by atoms with E-state index in [-0.39, 0.29) is 12.0 Å². The molecule has 0 spiro atoms. The summed E-state index contributed by atoms with van der Waals surface area (Å²) in [5, 5.41) is 0. The van der Waals surface area contributed by atoms with Crippen LogP contribution in [0.5, 0.6) is 0 Å². The number of hydrogen-bond acceptors (Lipinski definition) is 4. The number of rotatable bonds is 2. The first-order valence-corrected chi connectivity index (χ1v) is 7.69. The Hall–Kier alpha value is -0.660. The molecule has 2 fully saturated rings. The Morgan fingerprint density at radius 1 is 1.24 bits per heavy atom. The van der Waals surface area contributed by atoms with Gasteiger partial charge in [-0.25, -0.2) is 8.42 Å². The fraction of sp³-hybridized carbons (Fsp3) is 0.900. The van der Waals surface area contributed by atoms with Crippen LogP contribution in [0.3, 0.4) is 0 Å².